The summed E-state index contributed by atoms with van der Waals surface area (Å²) in [5, 5.41) is 12.2. The highest BCUT2D eigenvalue weighted by Crippen LogP contribution is 2.27. The topological polar surface area (TPSA) is 62.1 Å². The number of anilines is 1. The molecule has 0 aliphatic heterocycles. The van der Waals surface area contributed by atoms with Gasteiger partial charge >= 0.3 is 0 Å². The molecule has 0 saturated carbocycles. The normalized spacial score (nSPS) is 10.9. The number of amides is 1. The maximum Gasteiger partial charge on any atom is 0.266 e. The number of rotatable bonds is 6. The van der Waals surface area contributed by atoms with Crippen molar-refractivity contribution in [3.8, 4) is 11.8 Å². The molecule has 0 saturated heterocycles. The number of hydrogen-bond donors (Lipinski definition) is 1. The van der Waals surface area contributed by atoms with Gasteiger partial charge in [-0.05, 0) is 54.1 Å². The molecule has 0 atom stereocenters. The van der Waals surface area contributed by atoms with Crippen LogP contribution in [0.4, 0.5) is 5.69 Å². The fourth-order valence-corrected chi connectivity index (χ4v) is 3.18. The van der Waals surface area contributed by atoms with E-state index in [0.717, 1.165) is 14.5 Å². The summed E-state index contributed by atoms with van der Waals surface area (Å²) in [4.78, 5) is 12.5. The first-order valence-corrected chi connectivity index (χ1v) is 10.3. The van der Waals surface area contributed by atoms with E-state index < -0.39 is 5.91 Å². The molecule has 3 aromatic carbocycles. The van der Waals surface area contributed by atoms with Gasteiger partial charge in [-0.2, -0.15) is 5.26 Å². The van der Waals surface area contributed by atoms with Gasteiger partial charge in [-0.3, -0.25) is 4.79 Å². The monoisotopic (exact) mass is 510 g/mol. The van der Waals surface area contributed by atoms with Crippen LogP contribution in [0.2, 0.25) is 0 Å². The van der Waals surface area contributed by atoms with Crippen molar-refractivity contribution in [3.63, 3.8) is 0 Å². The van der Waals surface area contributed by atoms with Crippen LogP contribution in [0.5, 0.6) is 5.75 Å². The van der Waals surface area contributed by atoms with Gasteiger partial charge in [0.15, 0.2) is 0 Å². The molecule has 0 radical (unpaired) electrons. The quantitative estimate of drug-likeness (QED) is 0.310. The van der Waals surface area contributed by atoms with E-state index >= 15 is 0 Å². The molecule has 144 valence electrons. The first-order chi connectivity index (χ1) is 14.0. The molecule has 29 heavy (non-hydrogen) atoms. The van der Waals surface area contributed by atoms with Crippen LogP contribution in [0.15, 0.2) is 87.3 Å². The number of nitrogens with one attached hydrogen (secondary N) is 1. The molecule has 4 nitrogen and oxygen atoms in total. The minimum Gasteiger partial charge on any atom is -0.488 e. The summed E-state index contributed by atoms with van der Waals surface area (Å²) in [7, 11) is 0. The van der Waals surface area contributed by atoms with E-state index in [4.69, 9.17) is 4.74 Å². The molecule has 3 rings (SSSR count). The predicted molar refractivity (Wildman–Crippen MR) is 121 cm³/mol. The number of carbonyl (C=O) groups is 1. The Balaban J connectivity index is 1.82. The maximum atomic E-state index is 12.5. The molecule has 0 unspecified atom stereocenters. The second-order valence-corrected chi connectivity index (χ2v) is 7.92. The van der Waals surface area contributed by atoms with Crippen molar-refractivity contribution in [2.45, 2.75) is 6.61 Å². The Kier molecular flexibility index (Phi) is 7.23. The molecule has 1 N–H and O–H groups in total. The molecule has 0 spiro atoms. The van der Waals surface area contributed by atoms with Crippen LogP contribution < -0.4 is 10.1 Å². The molecule has 0 bridgehead atoms. The molecule has 1 amide bonds. The van der Waals surface area contributed by atoms with E-state index in [2.05, 4.69) is 37.2 Å². The van der Waals surface area contributed by atoms with Gasteiger partial charge in [-0.1, -0.05) is 62.2 Å². The summed E-state index contributed by atoms with van der Waals surface area (Å²) >= 11 is 6.78. The number of ether oxygens (including phenoxy) is 1. The Bertz CT molecular complexity index is 1070. The van der Waals surface area contributed by atoms with Crippen LogP contribution in [0, 0.1) is 11.3 Å². The van der Waals surface area contributed by atoms with Gasteiger partial charge in [-0.25, -0.2) is 0 Å². The summed E-state index contributed by atoms with van der Waals surface area (Å²) < 4.78 is 7.65. The average Bonchev–Trinajstić information content (AvgIpc) is 2.73. The fourth-order valence-electron chi connectivity index (χ4n) is 2.53. The van der Waals surface area contributed by atoms with Crippen molar-refractivity contribution >= 4 is 49.5 Å². The van der Waals surface area contributed by atoms with E-state index in [0.29, 0.717) is 23.6 Å². The van der Waals surface area contributed by atoms with Gasteiger partial charge in [0, 0.05) is 20.2 Å². The zero-order chi connectivity index (χ0) is 20.6. The first-order valence-electron chi connectivity index (χ1n) is 8.70. The second kappa shape index (κ2) is 10.1. The smallest absolute Gasteiger partial charge is 0.266 e. The summed E-state index contributed by atoms with van der Waals surface area (Å²) in [6.45, 7) is 0.385. The Hall–Kier alpha value is -2.88. The van der Waals surface area contributed by atoms with Gasteiger partial charge in [-0.15, -0.1) is 0 Å². The standard InChI is InChI=1S/C23H16Br2N2O2/c24-19-6-9-21(10-7-19)27-23(28)18(14-26)12-17-13-20(25)8-11-22(17)29-15-16-4-2-1-3-5-16/h1-13H,15H2,(H,27,28)/b18-12-. The van der Waals surface area contributed by atoms with Gasteiger partial charge in [0.25, 0.3) is 5.91 Å². The lowest BCUT2D eigenvalue weighted by Crippen LogP contribution is -2.13. The van der Waals surface area contributed by atoms with Crippen molar-refractivity contribution in [2.75, 3.05) is 5.32 Å². The lowest BCUT2D eigenvalue weighted by atomic mass is 10.1. The van der Waals surface area contributed by atoms with Crippen LogP contribution in [0.25, 0.3) is 6.08 Å². The lowest BCUT2D eigenvalue weighted by molar-refractivity contribution is -0.112. The number of carbonyl (C=O) groups excluding carboxylic acids is 1. The summed E-state index contributed by atoms with van der Waals surface area (Å²) in [5.41, 5.74) is 2.25. The Labute approximate surface area is 186 Å². The van der Waals surface area contributed by atoms with E-state index in [1.807, 2.05) is 60.7 Å². The predicted octanol–water partition coefficient (Wildman–Crippen LogP) is 6.34. The molecular weight excluding hydrogens is 496 g/mol. The molecule has 0 aromatic heterocycles. The van der Waals surface area contributed by atoms with Crippen LogP contribution >= 0.6 is 31.9 Å². The van der Waals surface area contributed by atoms with E-state index in [1.54, 1.807) is 18.2 Å². The van der Waals surface area contributed by atoms with Crippen LogP contribution in [0.1, 0.15) is 11.1 Å². The molecule has 3 aromatic rings. The molecule has 6 heteroatoms. The molecular formula is C23H16Br2N2O2. The number of nitriles is 1. The Morgan fingerprint density at radius 1 is 1.00 bits per heavy atom. The number of halogens is 2. The van der Waals surface area contributed by atoms with Crippen molar-refractivity contribution in [1.82, 2.24) is 0 Å². The van der Waals surface area contributed by atoms with Crippen molar-refractivity contribution < 1.29 is 9.53 Å². The Morgan fingerprint density at radius 2 is 1.69 bits per heavy atom. The lowest BCUT2D eigenvalue weighted by Gasteiger charge is -2.11. The molecule has 0 heterocycles. The van der Waals surface area contributed by atoms with Crippen LogP contribution in [0.3, 0.4) is 0 Å². The van der Waals surface area contributed by atoms with Gasteiger partial charge in [0.05, 0.1) is 0 Å². The minimum absolute atomic E-state index is 0.0180. The maximum absolute atomic E-state index is 12.5. The van der Waals surface area contributed by atoms with Gasteiger partial charge in [0.1, 0.15) is 24.0 Å². The largest absolute Gasteiger partial charge is 0.488 e. The van der Waals surface area contributed by atoms with E-state index in [9.17, 15) is 10.1 Å². The summed E-state index contributed by atoms with van der Waals surface area (Å²) in [5.74, 6) is 0.102. The first kappa shape index (κ1) is 20.8. The van der Waals surface area contributed by atoms with Gasteiger partial charge < -0.3 is 10.1 Å². The molecule has 0 aliphatic carbocycles. The average molecular weight is 512 g/mol. The van der Waals surface area contributed by atoms with Crippen molar-refractivity contribution in [3.05, 3.63) is 98.4 Å². The van der Waals surface area contributed by atoms with Crippen molar-refractivity contribution in [1.29, 1.82) is 5.26 Å². The third-order valence-electron chi connectivity index (χ3n) is 3.98. The second-order valence-electron chi connectivity index (χ2n) is 6.09. The zero-order valence-electron chi connectivity index (χ0n) is 15.2. The highest BCUT2D eigenvalue weighted by atomic mass is 79.9. The summed E-state index contributed by atoms with van der Waals surface area (Å²) in [6, 6.07) is 24.4. The summed E-state index contributed by atoms with van der Waals surface area (Å²) in [6.07, 6.45) is 1.53. The highest BCUT2D eigenvalue weighted by Gasteiger charge is 2.12. The van der Waals surface area contributed by atoms with E-state index in [1.165, 1.54) is 6.08 Å². The molecule has 0 aliphatic rings. The SMILES string of the molecule is N#C/C(=C/c1cc(Br)ccc1OCc1ccccc1)C(=O)Nc1ccc(Br)cc1. The number of hydrogen-bond acceptors (Lipinski definition) is 3. The zero-order valence-corrected chi connectivity index (χ0v) is 18.4. The minimum atomic E-state index is -0.483. The van der Waals surface area contributed by atoms with Crippen molar-refractivity contribution in [2.24, 2.45) is 0 Å². The van der Waals surface area contributed by atoms with Crippen LogP contribution in [-0.2, 0) is 11.4 Å². The van der Waals surface area contributed by atoms with Crippen LogP contribution in [-0.4, -0.2) is 5.91 Å². The highest BCUT2D eigenvalue weighted by molar-refractivity contribution is 9.10. The van der Waals surface area contributed by atoms with Gasteiger partial charge in [0.2, 0.25) is 0 Å². The third-order valence-corrected chi connectivity index (χ3v) is 5.00. The Morgan fingerprint density at radius 3 is 2.38 bits per heavy atom. The number of nitrogens with zero attached hydrogens (tertiary/aromatic N) is 1. The number of benzene rings is 3. The third kappa shape index (κ3) is 6.05. The van der Waals surface area contributed by atoms with E-state index in [-0.39, 0.29) is 5.57 Å². The fraction of sp³-hybridized carbons (Fsp3) is 0.0435. The molecule has 0 fully saturated rings.